The van der Waals surface area contributed by atoms with E-state index in [9.17, 15) is 14.9 Å². The molecule has 1 heterocycles. The molecule has 0 spiro atoms. The molecule has 0 saturated heterocycles. The first-order chi connectivity index (χ1) is 15.0. The Kier molecular flexibility index (Phi) is 5.66. The Labute approximate surface area is 178 Å². The Balaban J connectivity index is 1.60. The lowest BCUT2D eigenvalue weighted by molar-refractivity contribution is -0.384. The second kappa shape index (κ2) is 8.71. The van der Waals surface area contributed by atoms with Crippen molar-refractivity contribution in [2.45, 2.75) is 6.61 Å². The van der Waals surface area contributed by atoms with E-state index in [-0.39, 0.29) is 18.1 Å². The summed E-state index contributed by atoms with van der Waals surface area (Å²) < 4.78 is 16.8. The molecular weight excluding hydrogens is 398 g/mol. The number of fused-ring (bicyclic) bond motifs is 1. The van der Waals surface area contributed by atoms with Crippen LogP contribution in [-0.2, 0) is 6.61 Å². The Bertz CT molecular complexity index is 1170. The summed E-state index contributed by atoms with van der Waals surface area (Å²) in [5.74, 6) is 1.23. The third kappa shape index (κ3) is 4.40. The topological polar surface area (TPSA) is 87.9 Å². The van der Waals surface area contributed by atoms with E-state index in [0.29, 0.717) is 40.6 Å². The van der Waals surface area contributed by atoms with Crippen molar-refractivity contribution in [1.82, 2.24) is 0 Å². The molecule has 0 unspecified atom stereocenters. The number of Topliss-reactive ketones (excluding diaryl/α,β-unsaturated/α-hetero) is 1. The molecule has 0 amide bonds. The summed E-state index contributed by atoms with van der Waals surface area (Å²) in [6, 6.07) is 19.1. The number of nitro benzene ring substituents is 1. The Morgan fingerprint density at radius 2 is 1.90 bits per heavy atom. The summed E-state index contributed by atoms with van der Waals surface area (Å²) in [4.78, 5) is 23.7. The van der Waals surface area contributed by atoms with Crippen molar-refractivity contribution in [2.75, 3.05) is 13.7 Å². The molecule has 0 saturated carbocycles. The number of non-ortho nitro benzene ring substituents is 1. The number of carbonyl (C=O) groups is 1. The molecule has 1 aliphatic rings. The fraction of sp³-hybridized carbons (Fsp3) is 0.125. The summed E-state index contributed by atoms with van der Waals surface area (Å²) in [5, 5.41) is 11.1. The third-order valence-electron chi connectivity index (χ3n) is 4.87. The van der Waals surface area contributed by atoms with Gasteiger partial charge in [0.25, 0.3) is 5.69 Å². The van der Waals surface area contributed by atoms with Crippen LogP contribution in [0.2, 0.25) is 0 Å². The summed E-state index contributed by atoms with van der Waals surface area (Å²) in [6.07, 6.45) is 1.56. The van der Waals surface area contributed by atoms with E-state index in [1.807, 2.05) is 30.3 Å². The first kappa shape index (κ1) is 20.2. The zero-order valence-corrected chi connectivity index (χ0v) is 16.7. The smallest absolute Gasteiger partial charge is 0.270 e. The predicted octanol–water partition coefficient (Wildman–Crippen LogP) is 4.84. The van der Waals surface area contributed by atoms with Crippen molar-refractivity contribution in [2.24, 2.45) is 0 Å². The Morgan fingerprint density at radius 1 is 1.10 bits per heavy atom. The van der Waals surface area contributed by atoms with E-state index < -0.39 is 4.92 Å². The van der Waals surface area contributed by atoms with Gasteiger partial charge in [0.2, 0.25) is 0 Å². The predicted molar refractivity (Wildman–Crippen MR) is 115 cm³/mol. The van der Waals surface area contributed by atoms with Gasteiger partial charge in [-0.2, -0.15) is 0 Å². The molecular formula is C24H19NO6. The SMILES string of the molecule is COc1ccc([N+](=O)[O-])cc1C=C1COc2ccc(OCc3ccccc3)cc2C1=O. The lowest BCUT2D eigenvalue weighted by Crippen LogP contribution is -2.19. The zero-order chi connectivity index (χ0) is 21.8. The minimum absolute atomic E-state index is 0.0574. The fourth-order valence-corrected chi connectivity index (χ4v) is 3.28. The molecule has 1 aliphatic heterocycles. The number of methoxy groups -OCH3 is 1. The number of ether oxygens (including phenoxy) is 3. The molecule has 0 aromatic heterocycles. The summed E-state index contributed by atoms with van der Waals surface area (Å²) >= 11 is 0. The third-order valence-corrected chi connectivity index (χ3v) is 4.87. The van der Waals surface area contributed by atoms with Gasteiger partial charge in [-0.15, -0.1) is 0 Å². The van der Waals surface area contributed by atoms with Gasteiger partial charge in [-0.3, -0.25) is 14.9 Å². The van der Waals surface area contributed by atoms with Crippen molar-refractivity contribution < 1.29 is 23.9 Å². The number of ketones is 1. The standard InChI is InChI=1S/C24H19NO6/c1-29-22-9-7-19(25(27)28)12-17(22)11-18-15-31-23-10-8-20(13-21(23)24(18)26)30-14-16-5-3-2-4-6-16/h2-13H,14-15H2,1H3. The highest BCUT2D eigenvalue weighted by Crippen LogP contribution is 2.33. The van der Waals surface area contributed by atoms with E-state index in [1.54, 1.807) is 24.3 Å². The van der Waals surface area contributed by atoms with Crippen molar-refractivity contribution in [3.8, 4) is 17.2 Å². The van der Waals surface area contributed by atoms with E-state index in [0.717, 1.165) is 5.56 Å². The van der Waals surface area contributed by atoms with Crippen LogP contribution in [-0.4, -0.2) is 24.4 Å². The van der Waals surface area contributed by atoms with Crippen LogP contribution in [0.1, 0.15) is 21.5 Å². The minimum atomic E-state index is -0.494. The van der Waals surface area contributed by atoms with Gasteiger partial charge in [0, 0.05) is 23.3 Å². The van der Waals surface area contributed by atoms with Gasteiger partial charge in [0.05, 0.1) is 17.6 Å². The molecule has 0 fully saturated rings. The van der Waals surface area contributed by atoms with Gasteiger partial charge in [-0.25, -0.2) is 0 Å². The Morgan fingerprint density at radius 3 is 2.65 bits per heavy atom. The summed E-state index contributed by atoms with van der Waals surface area (Å²) in [5.41, 5.74) is 2.11. The monoisotopic (exact) mass is 417 g/mol. The average molecular weight is 417 g/mol. The van der Waals surface area contributed by atoms with Crippen LogP contribution in [0.5, 0.6) is 17.2 Å². The normalized spacial score (nSPS) is 14.0. The molecule has 3 aromatic carbocycles. The van der Waals surface area contributed by atoms with Crippen LogP contribution in [0.15, 0.2) is 72.3 Å². The van der Waals surface area contributed by atoms with Crippen molar-refractivity contribution >= 4 is 17.5 Å². The Hall–Kier alpha value is -4.13. The van der Waals surface area contributed by atoms with E-state index >= 15 is 0 Å². The van der Waals surface area contributed by atoms with Crippen LogP contribution < -0.4 is 14.2 Å². The molecule has 0 N–H and O–H groups in total. The highest BCUT2D eigenvalue weighted by atomic mass is 16.6. The summed E-state index contributed by atoms with van der Waals surface area (Å²) in [6.45, 7) is 0.435. The van der Waals surface area contributed by atoms with Crippen LogP contribution in [0, 0.1) is 10.1 Å². The van der Waals surface area contributed by atoms with Gasteiger partial charge in [0.1, 0.15) is 30.5 Å². The second-order valence-electron chi connectivity index (χ2n) is 6.90. The molecule has 0 bridgehead atoms. The van der Waals surface area contributed by atoms with Crippen molar-refractivity contribution in [1.29, 1.82) is 0 Å². The van der Waals surface area contributed by atoms with Gasteiger partial charge >= 0.3 is 0 Å². The van der Waals surface area contributed by atoms with Crippen LogP contribution >= 0.6 is 0 Å². The fourth-order valence-electron chi connectivity index (χ4n) is 3.28. The van der Waals surface area contributed by atoms with Crippen LogP contribution in [0.4, 0.5) is 5.69 Å². The molecule has 7 heteroatoms. The van der Waals surface area contributed by atoms with E-state index in [4.69, 9.17) is 14.2 Å². The van der Waals surface area contributed by atoms with Crippen LogP contribution in [0.25, 0.3) is 6.08 Å². The first-order valence-corrected chi connectivity index (χ1v) is 9.56. The quantitative estimate of drug-likeness (QED) is 0.324. The molecule has 0 atom stereocenters. The number of benzene rings is 3. The number of rotatable bonds is 6. The molecule has 0 aliphatic carbocycles. The van der Waals surface area contributed by atoms with Gasteiger partial charge in [-0.1, -0.05) is 30.3 Å². The van der Waals surface area contributed by atoms with Gasteiger partial charge < -0.3 is 14.2 Å². The van der Waals surface area contributed by atoms with E-state index in [2.05, 4.69) is 0 Å². The average Bonchev–Trinajstić information content (AvgIpc) is 2.80. The maximum Gasteiger partial charge on any atom is 0.270 e. The number of carbonyl (C=O) groups excluding carboxylic acids is 1. The zero-order valence-electron chi connectivity index (χ0n) is 16.7. The van der Waals surface area contributed by atoms with Crippen LogP contribution in [0.3, 0.4) is 0 Å². The van der Waals surface area contributed by atoms with Gasteiger partial charge in [0.15, 0.2) is 5.78 Å². The number of hydrogen-bond acceptors (Lipinski definition) is 6. The molecule has 4 rings (SSSR count). The highest BCUT2D eigenvalue weighted by Gasteiger charge is 2.25. The molecule has 0 radical (unpaired) electrons. The second-order valence-corrected chi connectivity index (χ2v) is 6.90. The first-order valence-electron chi connectivity index (χ1n) is 9.56. The van der Waals surface area contributed by atoms with Gasteiger partial charge in [-0.05, 0) is 35.9 Å². The van der Waals surface area contributed by atoms with E-state index in [1.165, 1.54) is 25.3 Å². The summed E-state index contributed by atoms with van der Waals surface area (Å²) in [7, 11) is 1.47. The molecule has 3 aromatic rings. The maximum absolute atomic E-state index is 13.1. The lowest BCUT2D eigenvalue weighted by atomic mass is 9.97. The number of nitro groups is 1. The largest absolute Gasteiger partial charge is 0.496 e. The lowest BCUT2D eigenvalue weighted by Gasteiger charge is -2.20. The maximum atomic E-state index is 13.1. The van der Waals surface area contributed by atoms with Crippen molar-refractivity contribution in [3.05, 3.63) is 99.1 Å². The number of hydrogen-bond donors (Lipinski definition) is 0. The highest BCUT2D eigenvalue weighted by molar-refractivity contribution is 6.14. The molecule has 156 valence electrons. The number of nitrogens with zero attached hydrogens (tertiary/aromatic N) is 1. The molecule has 7 nitrogen and oxygen atoms in total. The van der Waals surface area contributed by atoms with Crippen molar-refractivity contribution in [3.63, 3.8) is 0 Å². The molecule has 31 heavy (non-hydrogen) atoms. The minimum Gasteiger partial charge on any atom is -0.496 e.